The molecular formula is C23H18Cl2N2O2. The van der Waals surface area contributed by atoms with Gasteiger partial charge in [-0.25, -0.2) is 0 Å². The van der Waals surface area contributed by atoms with E-state index in [1.54, 1.807) is 49.5 Å². The van der Waals surface area contributed by atoms with Crippen molar-refractivity contribution < 1.29 is 9.90 Å². The Hall–Kier alpha value is -2.66. The van der Waals surface area contributed by atoms with Gasteiger partial charge in [0.25, 0.3) is 5.91 Å². The van der Waals surface area contributed by atoms with E-state index >= 15 is 0 Å². The van der Waals surface area contributed by atoms with Gasteiger partial charge >= 0.3 is 0 Å². The SMILES string of the molecule is CN1C(=O)[C@H]([C@@H](O)c2ccc(Cl)cc2)N=C(c2ccccc2)c2cc(Cl)ccc21. The van der Waals surface area contributed by atoms with E-state index < -0.39 is 12.1 Å². The largest absolute Gasteiger partial charge is 0.386 e. The van der Waals surface area contributed by atoms with Crippen molar-refractivity contribution in [3.8, 4) is 0 Å². The number of halogens is 2. The Morgan fingerprint density at radius 3 is 2.31 bits per heavy atom. The van der Waals surface area contributed by atoms with Gasteiger partial charge in [0.15, 0.2) is 6.04 Å². The standard InChI is InChI=1S/C23H18Cl2N2O2/c1-27-19-12-11-17(25)13-18(19)20(14-5-3-2-4-6-14)26-21(23(27)29)22(28)15-7-9-16(24)10-8-15/h2-13,21-22,28H,1H3/t21-,22-/m0/s1. The number of aliphatic imine (C=N–C) groups is 1. The smallest absolute Gasteiger partial charge is 0.254 e. The molecular weight excluding hydrogens is 407 g/mol. The predicted molar refractivity (Wildman–Crippen MR) is 117 cm³/mol. The Morgan fingerprint density at radius 2 is 1.62 bits per heavy atom. The predicted octanol–water partition coefficient (Wildman–Crippen LogP) is 4.91. The number of aliphatic hydroxyl groups excluding tert-OH is 1. The molecule has 1 aliphatic heterocycles. The fraction of sp³-hybridized carbons (Fsp3) is 0.130. The molecule has 6 heteroatoms. The zero-order chi connectivity index (χ0) is 20.5. The lowest BCUT2D eigenvalue weighted by atomic mass is 9.99. The summed E-state index contributed by atoms with van der Waals surface area (Å²) in [5.74, 6) is -0.304. The highest BCUT2D eigenvalue weighted by Gasteiger charge is 2.35. The number of fused-ring (bicyclic) bond motifs is 1. The maximum Gasteiger partial charge on any atom is 0.254 e. The summed E-state index contributed by atoms with van der Waals surface area (Å²) >= 11 is 12.2. The van der Waals surface area contributed by atoms with Crippen LogP contribution in [0.25, 0.3) is 0 Å². The van der Waals surface area contributed by atoms with Gasteiger partial charge in [-0.05, 0) is 35.9 Å². The molecule has 0 fully saturated rings. The molecule has 1 N–H and O–H groups in total. The Bertz CT molecular complexity index is 1080. The zero-order valence-electron chi connectivity index (χ0n) is 15.6. The lowest BCUT2D eigenvalue weighted by molar-refractivity contribution is -0.121. The quantitative estimate of drug-likeness (QED) is 0.649. The van der Waals surface area contributed by atoms with Crippen LogP contribution in [0.2, 0.25) is 10.0 Å². The topological polar surface area (TPSA) is 52.9 Å². The first-order valence-electron chi connectivity index (χ1n) is 9.10. The number of aliphatic hydroxyl groups is 1. The summed E-state index contributed by atoms with van der Waals surface area (Å²) in [7, 11) is 1.68. The molecule has 0 unspecified atom stereocenters. The van der Waals surface area contributed by atoms with Crippen LogP contribution in [0.3, 0.4) is 0 Å². The molecule has 4 nitrogen and oxygen atoms in total. The average molecular weight is 425 g/mol. The van der Waals surface area contributed by atoms with Crippen molar-refractivity contribution >= 4 is 40.5 Å². The van der Waals surface area contributed by atoms with E-state index in [9.17, 15) is 9.90 Å². The van der Waals surface area contributed by atoms with Crippen molar-refractivity contribution in [3.63, 3.8) is 0 Å². The van der Waals surface area contributed by atoms with Crippen molar-refractivity contribution in [1.29, 1.82) is 0 Å². The Kier molecular flexibility index (Phi) is 5.41. The third-order valence-electron chi connectivity index (χ3n) is 4.98. The van der Waals surface area contributed by atoms with E-state index in [2.05, 4.69) is 0 Å². The average Bonchev–Trinajstić information content (AvgIpc) is 2.84. The molecule has 0 saturated heterocycles. The van der Waals surface area contributed by atoms with E-state index in [1.807, 2.05) is 30.3 Å². The van der Waals surface area contributed by atoms with Gasteiger partial charge < -0.3 is 10.0 Å². The number of nitrogens with zero attached hydrogens (tertiary/aromatic N) is 2. The summed E-state index contributed by atoms with van der Waals surface area (Å²) in [4.78, 5) is 19.5. The van der Waals surface area contributed by atoms with E-state index in [0.717, 1.165) is 11.1 Å². The van der Waals surface area contributed by atoms with Crippen molar-refractivity contribution in [2.75, 3.05) is 11.9 Å². The van der Waals surface area contributed by atoms with Gasteiger partial charge in [0, 0.05) is 28.2 Å². The molecule has 1 amide bonds. The van der Waals surface area contributed by atoms with Crippen LogP contribution in [0.1, 0.15) is 22.8 Å². The van der Waals surface area contributed by atoms with Gasteiger partial charge in [0.1, 0.15) is 6.10 Å². The maximum atomic E-state index is 13.3. The van der Waals surface area contributed by atoms with Gasteiger partial charge in [-0.3, -0.25) is 9.79 Å². The molecule has 1 heterocycles. The summed E-state index contributed by atoms with van der Waals surface area (Å²) in [5, 5.41) is 12.1. The first-order chi connectivity index (χ1) is 14.0. The Balaban J connectivity index is 1.89. The number of benzodiazepines with no additional fused rings is 1. The second-order valence-electron chi connectivity index (χ2n) is 6.84. The van der Waals surface area contributed by atoms with Crippen LogP contribution in [0.15, 0.2) is 77.8 Å². The molecule has 0 aromatic heterocycles. The lowest BCUT2D eigenvalue weighted by Gasteiger charge is -2.23. The van der Waals surface area contributed by atoms with Crippen LogP contribution in [-0.4, -0.2) is 29.8 Å². The van der Waals surface area contributed by atoms with Crippen molar-refractivity contribution in [2.24, 2.45) is 4.99 Å². The number of benzene rings is 3. The minimum atomic E-state index is -1.12. The summed E-state index contributed by atoms with van der Waals surface area (Å²) < 4.78 is 0. The molecule has 146 valence electrons. The second kappa shape index (κ2) is 7.99. The molecule has 0 bridgehead atoms. The third-order valence-corrected chi connectivity index (χ3v) is 5.47. The zero-order valence-corrected chi connectivity index (χ0v) is 17.1. The highest BCUT2D eigenvalue weighted by Crippen LogP contribution is 2.33. The third kappa shape index (κ3) is 3.79. The molecule has 1 aliphatic rings. The van der Waals surface area contributed by atoms with Crippen molar-refractivity contribution in [3.05, 3.63) is 99.5 Å². The Labute approximate surface area is 179 Å². The monoisotopic (exact) mass is 424 g/mol. The van der Waals surface area contributed by atoms with Gasteiger partial charge in [-0.15, -0.1) is 0 Å². The van der Waals surface area contributed by atoms with Crippen LogP contribution in [0.5, 0.6) is 0 Å². The van der Waals surface area contributed by atoms with Crippen LogP contribution >= 0.6 is 23.2 Å². The number of hydrogen-bond donors (Lipinski definition) is 1. The molecule has 2 atom stereocenters. The van der Waals surface area contributed by atoms with Gasteiger partial charge in [-0.2, -0.15) is 0 Å². The number of likely N-dealkylation sites (N-methyl/N-ethyl adjacent to an activating group) is 1. The molecule has 29 heavy (non-hydrogen) atoms. The highest BCUT2D eigenvalue weighted by atomic mass is 35.5. The first-order valence-corrected chi connectivity index (χ1v) is 9.85. The number of carbonyl (C=O) groups excluding carboxylic acids is 1. The van der Waals surface area contributed by atoms with Crippen LogP contribution in [0, 0.1) is 0 Å². The molecule has 0 saturated carbocycles. The van der Waals surface area contributed by atoms with Gasteiger partial charge in [0.05, 0.1) is 11.4 Å². The maximum absolute atomic E-state index is 13.3. The summed E-state index contributed by atoms with van der Waals surface area (Å²) in [6.45, 7) is 0. The molecule has 0 aliphatic carbocycles. The van der Waals surface area contributed by atoms with Crippen LogP contribution < -0.4 is 4.90 Å². The minimum absolute atomic E-state index is 0.304. The highest BCUT2D eigenvalue weighted by molar-refractivity contribution is 6.32. The first kappa shape index (κ1) is 19.6. The van der Waals surface area contributed by atoms with Crippen LogP contribution in [-0.2, 0) is 4.79 Å². The summed E-state index contributed by atoms with van der Waals surface area (Å²) in [6.07, 6.45) is -1.12. The number of hydrogen-bond acceptors (Lipinski definition) is 3. The lowest BCUT2D eigenvalue weighted by Crippen LogP contribution is -2.38. The van der Waals surface area contributed by atoms with E-state index in [0.29, 0.717) is 27.0 Å². The number of anilines is 1. The van der Waals surface area contributed by atoms with E-state index in [-0.39, 0.29) is 5.91 Å². The molecule has 0 radical (unpaired) electrons. The van der Waals surface area contributed by atoms with Crippen LogP contribution in [0.4, 0.5) is 5.69 Å². The van der Waals surface area contributed by atoms with E-state index in [1.165, 1.54) is 4.90 Å². The molecule has 3 aromatic rings. The molecule has 0 spiro atoms. The van der Waals surface area contributed by atoms with Gasteiger partial charge in [0.2, 0.25) is 0 Å². The molecule has 4 rings (SSSR count). The minimum Gasteiger partial charge on any atom is -0.386 e. The number of carbonyl (C=O) groups is 1. The Morgan fingerprint density at radius 1 is 0.966 bits per heavy atom. The summed E-state index contributed by atoms with van der Waals surface area (Å²) in [6, 6.07) is 20.7. The second-order valence-corrected chi connectivity index (χ2v) is 7.72. The number of rotatable bonds is 3. The molecule has 3 aromatic carbocycles. The van der Waals surface area contributed by atoms with Crippen molar-refractivity contribution in [2.45, 2.75) is 12.1 Å². The fourth-order valence-corrected chi connectivity index (χ4v) is 3.74. The van der Waals surface area contributed by atoms with E-state index in [4.69, 9.17) is 28.2 Å². The number of amides is 1. The van der Waals surface area contributed by atoms with Crippen molar-refractivity contribution in [1.82, 2.24) is 0 Å². The van der Waals surface area contributed by atoms with Gasteiger partial charge in [-0.1, -0.05) is 65.7 Å². The summed E-state index contributed by atoms with van der Waals surface area (Å²) in [5.41, 5.74) is 3.45. The normalized spacial score (nSPS) is 17.4. The fourth-order valence-electron chi connectivity index (χ4n) is 3.45.